The number of Topliss-reactive ketones (excluding diaryl/α,β-unsaturated/α-hetero) is 2. The minimum absolute atomic E-state index is 0.0199. The average molecular weight is 1090 g/mol. The number of benzene rings is 2. The molecular formula is C60H76O18. The minimum Gasteiger partial charge on any atom is -0.455 e. The molecule has 0 radical (unpaired) electrons. The Labute approximate surface area is 454 Å². The average Bonchev–Trinajstić information content (AvgIpc) is 3.37. The largest absolute Gasteiger partial charge is 0.455 e. The molecule has 18 atom stereocenters. The molecule has 2 saturated heterocycles. The van der Waals surface area contributed by atoms with Crippen LogP contribution in [0.1, 0.15) is 129 Å². The van der Waals surface area contributed by atoms with Crippen LogP contribution in [0.15, 0.2) is 83.0 Å². The lowest BCUT2D eigenvalue weighted by molar-refractivity contribution is -0.345. The summed E-state index contributed by atoms with van der Waals surface area (Å²) in [6.07, 6.45) is -9.76. The summed E-state index contributed by atoms with van der Waals surface area (Å²) in [5.74, 6) is -6.68. The molecule has 0 spiro atoms. The number of aliphatic hydroxyl groups excluding tert-OH is 4. The molecule has 8 aliphatic rings. The van der Waals surface area contributed by atoms with Crippen LogP contribution < -0.4 is 0 Å². The van der Waals surface area contributed by atoms with E-state index in [-0.39, 0.29) is 60.9 Å². The Morgan fingerprint density at radius 3 is 1.38 bits per heavy atom. The van der Waals surface area contributed by atoms with Crippen molar-refractivity contribution in [1.29, 1.82) is 0 Å². The fourth-order valence-corrected chi connectivity index (χ4v) is 16.1. The summed E-state index contributed by atoms with van der Waals surface area (Å²) in [6, 6.07) is 16.6. The van der Waals surface area contributed by atoms with Gasteiger partial charge in [-0.3, -0.25) is 19.2 Å². The van der Waals surface area contributed by atoms with E-state index in [1.807, 2.05) is 34.6 Å². The normalized spacial score (nSPS) is 42.7. The number of hydrogen-bond donors (Lipinski definition) is 6. The Kier molecular flexibility index (Phi) is 14.2. The van der Waals surface area contributed by atoms with Gasteiger partial charge in [0.2, 0.25) is 0 Å². The van der Waals surface area contributed by atoms with Gasteiger partial charge in [-0.1, -0.05) is 84.9 Å². The highest BCUT2D eigenvalue weighted by Gasteiger charge is 2.79. The van der Waals surface area contributed by atoms with E-state index in [0.29, 0.717) is 23.1 Å². The summed E-state index contributed by atoms with van der Waals surface area (Å²) < 4.78 is 36.0. The van der Waals surface area contributed by atoms with E-state index in [1.165, 1.54) is 32.9 Å². The van der Waals surface area contributed by atoms with Crippen molar-refractivity contribution < 1.29 is 87.8 Å². The molecule has 18 nitrogen and oxygen atoms in total. The summed E-state index contributed by atoms with van der Waals surface area (Å²) in [4.78, 5) is 81.2. The van der Waals surface area contributed by atoms with E-state index in [4.69, 9.17) is 28.4 Å². The van der Waals surface area contributed by atoms with Crippen LogP contribution in [0.4, 0.5) is 0 Å². The van der Waals surface area contributed by atoms with Crippen molar-refractivity contribution in [2.24, 2.45) is 45.3 Å². The van der Waals surface area contributed by atoms with Crippen LogP contribution in [0.2, 0.25) is 0 Å². The van der Waals surface area contributed by atoms with Crippen molar-refractivity contribution in [3.8, 4) is 0 Å². The zero-order valence-corrected chi connectivity index (χ0v) is 46.5. The summed E-state index contributed by atoms with van der Waals surface area (Å²) in [5, 5.41) is 70.8. The zero-order chi connectivity index (χ0) is 57.4. The van der Waals surface area contributed by atoms with Gasteiger partial charge in [-0.25, -0.2) is 9.59 Å². The summed E-state index contributed by atoms with van der Waals surface area (Å²) >= 11 is 0. The van der Waals surface area contributed by atoms with Crippen molar-refractivity contribution in [3.63, 3.8) is 0 Å². The van der Waals surface area contributed by atoms with Crippen molar-refractivity contribution in [1.82, 2.24) is 0 Å². The second kappa shape index (κ2) is 19.2. The maximum Gasteiger partial charge on any atom is 0.338 e. The molecule has 424 valence electrons. The maximum absolute atomic E-state index is 14.7. The summed E-state index contributed by atoms with van der Waals surface area (Å²) in [5.41, 5.74) is -9.92. The number of hydrogen-bond acceptors (Lipinski definition) is 18. The molecule has 6 fully saturated rings. The molecule has 2 unspecified atom stereocenters. The monoisotopic (exact) mass is 1080 g/mol. The fourth-order valence-electron chi connectivity index (χ4n) is 16.1. The Morgan fingerprint density at radius 2 is 0.974 bits per heavy atom. The molecule has 4 bridgehead atoms. The lowest BCUT2D eigenvalue weighted by atomic mass is 9.42. The predicted octanol–water partition coefficient (Wildman–Crippen LogP) is 4.71. The van der Waals surface area contributed by atoms with Gasteiger partial charge in [0.15, 0.2) is 17.0 Å². The van der Waals surface area contributed by atoms with Gasteiger partial charge in [-0.15, -0.1) is 0 Å². The van der Waals surface area contributed by atoms with Crippen molar-refractivity contribution in [2.45, 2.75) is 180 Å². The van der Waals surface area contributed by atoms with E-state index < -0.39 is 140 Å². The topological polar surface area (TPSA) is 279 Å². The maximum atomic E-state index is 14.7. The quantitative estimate of drug-likeness (QED) is 0.130. The minimum atomic E-state index is -2.07. The van der Waals surface area contributed by atoms with Gasteiger partial charge in [0.05, 0.1) is 59.9 Å². The number of aliphatic hydroxyl groups is 6. The van der Waals surface area contributed by atoms with Gasteiger partial charge in [0.1, 0.15) is 47.5 Å². The smallest absolute Gasteiger partial charge is 0.338 e. The highest BCUT2D eigenvalue weighted by Crippen LogP contribution is 2.67. The standard InChI is InChI=1S/C31H40O8.C29H36O10/c1-16-13-22-30(15-37-22,39-19(4)32)24-26(38-27(35)20-11-9-8-10-12-20)31(36)14-21(33)17(2)23(28(31,5)6)18(3)25(34)29(16,24)7;1-14-17(31)12-29(36)24(38-25(35)16-9-7-6-8-10-16)22-27(5,23(34)21(33)20(14)26(29,3)4)18(32)11-19-28(22,13-37-19)39-15(2)30/h8-12,16,18,21-22,24,26,33,36H,13-15H2,1-7H3;6-10,17-19,21-22,24,31-33,36H,11-13H2,1-5H3/t16-,18+,21-,22?,24-,26-,29+,30-,31+;17-,18-,19?,21+,22-,24-,27+,28-,29+/m00/s1. The highest BCUT2D eigenvalue weighted by molar-refractivity contribution is 5.95. The molecule has 6 N–H and O–H groups in total. The molecule has 0 amide bonds. The van der Waals surface area contributed by atoms with Crippen LogP contribution in [-0.4, -0.2) is 151 Å². The van der Waals surface area contributed by atoms with Crippen LogP contribution in [-0.2, 0) is 47.6 Å². The van der Waals surface area contributed by atoms with Crippen LogP contribution in [0, 0.1) is 45.3 Å². The third-order valence-corrected chi connectivity index (χ3v) is 20.7. The van der Waals surface area contributed by atoms with E-state index in [0.717, 1.165) is 0 Å². The van der Waals surface area contributed by atoms with Gasteiger partial charge < -0.3 is 59.1 Å². The van der Waals surface area contributed by atoms with Crippen molar-refractivity contribution >= 4 is 35.4 Å². The number of carbonyl (C=O) groups is 6. The van der Waals surface area contributed by atoms with E-state index in [1.54, 1.807) is 76.2 Å². The summed E-state index contributed by atoms with van der Waals surface area (Å²) in [6.45, 7) is 19.8. The SMILES string of the molecule is CC(=O)O[C@@]12COC1C[C@H](C)[C@@]1(C)C(=O)[C@H](C)C3=C(C)[C@@H](O)C[C@@](O)([C@@H](OC(=O)c4ccccc4)[C@@H]12)C3(C)C.CC(=O)O[C@@]12COC1C[C@H](O)[C@@]1(C)C(=O)[C@H](O)C3=C(C)[C@@H](O)C[C@@](O)([C@@H](OC(=O)c4ccccc4)[C@@H]12)C3(C)C. The number of rotatable bonds is 6. The van der Waals surface area contributed by atoms with Gasteiger partial charge in [0, 0.05) is 55.3 Å². The summed E-state index contributed by atoms with van der Waals surface area (Å²) in [7, 11) is 0. The van der Waals surface area contributed by atoms with Crippen molar-refractivity contribution in [3.05, 3.63) is 94.1 Å². The number of fused-ring (bicyclic) bond motifs is 10. The van der Waals surface area contributed by atoms with Crippen LogP contribution in [0.3, 0.4) is 0 Å². The molecule has 2 aliphatic heterocycles. The highest BCUT2D eigenvalue weighted by atomic mass is 16.6. The van der Waals surface area contributed by atoms with E-state index in [9.17, 15) is 59.4 Å². The molecular weight excluding hydrogens is 1010 g/mol. The predicted molar refractivity (Wildman–Crippen MR) is 277 cm³/mol. The second-order valence-corrected chi connectivity index (χ2v) is 25.1. The van der Waals surface area contributed by atoms with Gasteiger partial charge in [-0.2, -0.15) is 0 Å². The Morgan fingerprint density at radius 1 is 0.577 bits per heavy atom. The molecule has 0 aromatic heterocycles. The number of ether oxygens (including phenoxy) is 6. The fraction of sp³-hybridized carbons (Fsp3) is 0.633. The Balaban J connectivity index is 0.000000190. The zero-order valence-electron chi connectivity index (χ0n) is 46.5. The third-order valence-electron chi connectivity index (χ3n) is 20.7. The van der Waals surface area contributed by atoms with Crippen LogP contribution in [0.25, 0.3) is 0 Å². The van der Waals surface area contributed by atoms with Crippen LogP contribution in [0.5, 0.6) is 0 Å². The van der Waals surface area contributed by atoms with E-state index in [2.05, 4.69) is 0 Å². The molecule has 18 heteroatoms. The van der Waals surface area contributed by atoms with Gasteiger partial charge in [-0.05, 0) is 79.7 Å². The van der Waals surface area contributed by atoms with E-state index >= 15 is 0 Å². The molecule has 78 heavy (non-hydrogen) atoms. The Bertz CT molecular complexity index is 2670. The molecule has 4 saturated carbocycles. The van der Waals surface area contributed by atoms with Gasteiger partial charge in [0.25, 0.3) is 0 Å². The first-order chi connectivity index (χ1) is 36.2. The lowest BCUT2D eigenvalue weighted by Crippen LogP contribution is -2.81. The first kappa shape index (κ1) is 57.5. The number of esters is 4. The second-order valence-electron chi connectivity index (χ2n) is 25.1. The molecule has 6 aliphatic carbocycles. The Hall–Kier alpha value is -5.18. The number of carbonyl (C=O) groups excluding carboxylic acids is 6. The molecule has 2 aromatic rings. The van der Waals surface area contributed by atoms with Crippen molar-refractivity contribution in [2.75, 3.05) is 13.2 Å². The molecule has 2 aromatic carbocycles. The third kappa shape index (κ3) is 7.92. The first-order valence-electron chi connectivity index (χ1n) is 27.1. The number of ketones is 2. The van der Waals surface area contributed by atoms with Gasteiger partial charge >= 0.3 is 23.9 Å². The molecule has 2 heterocycles. The first-order valence-corrected chi connectivity index (χ1v) is 27.1. The van der Waals surface area contributed by atoms with Crippen LogP contribution >= 0.6 is 0 Å². The molecule has 10 rings (SSSR count). The lowest BCUT2D eigenvalue weighted by Gasteiger charge is -2.68.